The van der Waals surface area contributed by atoms with E-state index in [0.717, 1.165) is 66.4 Å². The first kappa shape index (κ1) is 24.9. The van der Waals surface area contributed by atoms with E-state index in [-0.39, 0.29) is 5.82 Å². The van der Waals surface area contributed by atoms with Gasteiger partial charge >= 0.3 is 0 Å². The van der Waals surface area contributed by atoms with Crippen molar-refractivity contribution in [1.82, 2.24) is 34.4 Å². The summed E-state index contributed by atoms with van der Waals surface area (Å²) < 4.78 is 8.06. The summed E-state index contributed by atoms with van der Waals surface area (Å²) in [4.78, 5) is 24.3. The molecule has 202 valence electrons. The number of fused-ring (bicyclic) bond motifs is 3. The van der Waals surface area contributed by atoms with Gasteiger partial charge in [0.15, 0.2) is 12.6 Å². The lowest BCUT2D eigenvalue weighted by molar-refractivity contribution is 0.211. The van der Waals surface area contributed by atoms with Crippen LogP contribution in [0.1, 0.15) is 24.2 Å². The molecule has 0 bridgehead atoms. The summed E-state index contributed by atoms with van der Waals surface area (Å²) in [5, 5.41) is 12.5. The fourth-order valence-electron chi connectivity index (χ4n) is 5.55. The van der Waals surface area contributed by atoms with Gasteiger partial charge < -0.3 is 10.1 Å². The van der Waals surface area contributed by atoms with Crippen LogP contribution >= 0.6 is 0 Å². The normalized spacial score (nSPS) is 14.9. The number of nitrogens with one attached hydrogen (secondary N) is 1. The molecule has 3 aromatic heterocycles. The summed E-state index contributed by atoms with van der Waals surface area (Å²) in [5.74, 6) is 2.27. The molecule has 7 rings (SSSR count). The third-order valence-corrected chi connectivity index (χ3v) is 7.59. The molecule has 2 aliphatic rings. The minimum Gasteiger partial charge on any atom is -0.455 e. The molecular formula is C31H27N9O. The quantitative estimate of drug-likeness (QED) is 0.325. The van der Waals surface area contributed by atoms with Crippen LogP contribution in [0.2, 0.25) is 0 Å². The van der Waals surface area contributed by atoms with Crippen molar-refractivity contribution in [3.63, 3.8) is 0 Å². The van der Waals surface area contributed by atoms with Crippen LogP contribution in [0.5, 0.6) is 5.88 Å². The molecule has 10 nitrogen and oxygen atoms in total. The number of benzene rings is 2. The molecule has 0 atom stereocenters. The zero-order chi connectivity index (χ0) is 27.6. The van der Waals surface area contributed by atoms with Gasteiger partial charge in [-0.15, -0.1) is 0 Å². The minimum atomic E-state index is 0.189. The average molecular weight is 542 g/mol. The number of likely N-dealkylation sites (tertiary alicyclic amines) is 1. The van der Waals surface area contributed by atoms with Gasteiger partial charge in [-0.3, -0.25) is 9.47 Å². The molecule has 2 aromatic carbocycles. The molecule has 5 aromatic rings. The van der Waals surface area contributed by atoms with Gasteiger partial charge in [0.1, 0.15) is 18.2 Å². The lowest BCUT2D eigenvalue weighted by Crippen LogP contribution is -2.38. The summed E-state index contributed by atoms with van der Waals surface area (Å²) in [5.41, 5.74) is 6.12. The van der Waals surface area contributed by atoms with Crippen molar-refractivity contribution < 1.29 is 4.74 Å². The van der Waals surface area contributed by atoms with Gasteiger partial charge in [0.2, 0.25) is 11.7 Å². The fraction of sp³-hybridized carbons (Fsp3) is 0.226. The van der Waals surface area contributed by atoms with Crippen LogP contribution in [-0.4, -0.2) is 53.5 Å². The monoisotopic (exact) mass is 541 g/mol. The van der Waals surface area contributed by atoms with Gasteiger partial charge in [0.25, 0.3) is 0 Å². The third kappa shape index (κ3) is 4.99. The van der Waals surface area contributed by atoms with Crippen LogP contribution in [0.3, 0.4) is 0 Å². The number of hydrogen-bond acceptors (Lipinski definition) is 9. The number of nitrogens with zero attached hydrogens (tertiary/aromatic N) is 8. The maximum Gasteiger partial charge on any atom is 0.234 e. The van der Waals surface area contributed by atoms with E-state index in [1.807, 2.05) is 30.3 Å². The Morgan fingerprint density at radius 2 is 1.78 bits per heavy atom. The van der Waals surface area contributed by atoms with Crippen molar-refractivity contribution in [3.8, 4) is 45.9 Å². The number of piperidine rings is 1. The fourth-order valence-corrected chi connectivity index (χ4v) is 5.55. The van der Waals surface area contributed by atoms with Gasteiger partial charge in [0, 0.05) is 49.2 Å². The Morgan fingerprint density at radius 1 is 0.951 bits per heavy atom. The number of ether oxygens (including phenoxy) is 1. The van der Waals surface area contributed by atoms with Crippen molar-refractivity contribution in [1.29, 1.82) is 5.26 Å². The number of nitriles is 1. The van der Waals surface area contributed by atoms with Crippen molar-refractivity contribution in [2.45, 2.75) is 32.2 Å². The zero-order valence-electron chi connectivity index (χ0n) is 22.3. The predicted molar refractivity (Wildman–Crippen MR) is 153 cm³/mol. The molecule has 10 heteroatoms. The summed E-state index contributed by atoms with van der Waals surface area (Å²) in [6.45, 7) is 3.21. The Morgan fingerprint density at radius 3 is 2.59 bits per heavy atom. The first-order valence-electron chi connectivity index (χ1n) is 13.7. The average Bonchev–Trinajstić information content (AvgIpc) is 3.43. The van der Waals surface area contributed by atoms with Crippen molar-refractivity contribution >= 4 is 5.82 Å². The minimum absolute atomic E-state index is 0.189. The number of anilines is 1. The van der Waals surface area contributed by atoms with E-state index in [1.165, 1.54) is 11.9 Å². The van der Waals surface area contributed by atoms with E-state index in [0.29, 0.717) is 24.5 Å². The topological polar surface area (TPSA) is 118 Å². The molecule has 5 heterocycles. The summed E-state index contributed by atoms with van der Waals surface area (Å²) in [7, 11) is 0. The lowest BCUT2D eigenvalue weighted by Gasteiger charge is -2.32. The molecule has 0 unspecified atom stereocenters. The SMILES string of the molecule is N#Cc1nccc(NC2CCN(Cc3ccc(-c4nc5n(c4-c4ccccc4)COc4ncncc4-5)cc3)CC2)n1. The first-order valence-corrected chi connectivity index (χ1v) is 13.7. The van der Waals surface area contributed by atoms with E-state index < -0.39 is 0 Å². The second-order valence-corrected chi connectivity index (χ2v) is 10.2. The van der Waals surface area contributed by atoms with Gasteiger partial charge in [-0.05, 0) is 24.5 Å². The van der Waals surface area contributed by atoms with Crippen molar-refractivity contribution in [2.75, 3.05) is 18.4 Å². The second kappa shape index (κ2) is 10.8. The summed E-state index contributed by atoms with van der Waals surface area (Å²) in [6, 6.07) is 23.2. The van der Waals surface area contributed by atoms with E-state index in [2.05, 4.69) is 71.1 Å². The number of imidazole rings is 1. The van der Waals surface area contributed by atoms with Crippen LogP contribution in [0.4, 0.5) is 5.82 Å². The Hall–Kier alpha value is -5.14. The van der Waals surface area contributed by atoms with Gasteiger partial charge in [-0.25, -0.2) is 24.9 Å². The van der Waals surface area contributed by atoms with Gasteiger partial charge in [0.05, 0.1) is 17.0 Å². The highest BCUT2D eigenvalue weighted by Crippen LogP contribution is 2.40. The highest BCUT2D eigenvalue weighted by Gasteiger charge is 2.27. The van der Waals surface area contributed by atoms with Crippen LogP contribution in [-0.2, 0) is 13.3 Å². The first-order chi connectivity index (χ1) is 20.2. The van der Waals surface area contributed by atoms with E-state index in [4.69, 9.17) is 15.0 Å². The molecule has 41 heavy (non-hydrogen) atoms. The van der Waals surface area contributed by atoms with Crippen molar-refractivity contribution in [3.05, 3.63) is 90.8 Å². The predicted octanol–water partition coefficient (Wildman–Crippen LogP) is 4.76. The summed E-state index contributed by atoms with van der Waals surface area (Å²) in [6.07, 6.45) is 6.90. The highest BCUT2D eigenvalue weighted by atomic mass is 16.5. The highest BCUT2D eigenvalue weighted by molar-refractivity contribution is 5.83. The molecule has 1 N–H and O–H groups in total. The van der Waals surface area contributed by atoms with Gasteiger partial charge in [-0.1, -0.05) is 54.6 Å². The molecule has 0 radical (unpaired) electrons. The molecular weight excluding hydrogens is 514 g/mol. The molecule has 0 amide bonds. The molecule has 0 spiro atoms. The number of rotatable bonds is 6. The maximum atomic E-state index is 9.04. The molecule has 2 aliphatic heterocycles. The third-order valence-electron chi connectivity index (χ3n) is 7.59. The van der Waals surface area contributed by atoms with Gasteiger partial charge in [-0.2, -0.15) is 5.26 Å². The Balaban J connectivity index is 1.08. The standard InChI is InChI=1S/C31H27N9O/c32-16-27-34-13-10-26(37-27)36-24-11-14-39(15-12-24)18-21-6-8-22(9-7-21)28-29(23-4-2-1-3-5-23)40-20-41-31-25(30(40)38-28)17-33-19-35-31/h1-10,13,17,19,24H,11-12,14-15,18,20H2,(H,34,36,37). The second-order valence-electron chi connectivity index (χ2n) is 10.2. The lowest BCUT2D eigenvalue weighted by atomic mass is 10.0. The molecule has 0 saturated carbocycles. The number of aromatic nitrogens is 6. The van der Waals surface area contributed by atoms with E-state index >= 15 is 0 Å². The maximum absolute atomic E-state index is 9.04. The smallest absolute Gasteiger partial charge is 0.234 e. The van der Waals surface area contributed by atoms with Crippen LogP contribution in [0.15, 0.2) is 79.4 Å². The van der Waals surface area contributed by atoms with Crippen molar-refractivity contribution in [2.24, 2.45) is 0 Å². The van der Waals surface area contributed by atoms with Crippen LogP contribution in [0.25, 0.3) is 33.9 Å². The van der Waals surface area contributed by atoms with Crippen LogP contribution < -0.4 is 10.1 Å². The van der Waals surface area contributed by atoms with Crippen LogP contribution in [0, 0.1) is 11.3 Å². The summed E-state index contributed by atoms with van der Waals surface area (Å²) >= 11 is 0. The Labute approximate surface area is 237 Å². The van der Waals surface area contributed by atoms with E-state index in [1.54, 1.807) is 12.4 Å². The largest absolute Gasteiger partial charge is 0.455 e. The molecule has 1 saturated heterocycles. The Kier molecular flexibility index (Phi) is 6.55. The Bertz CT molecular complexity index is 1720. The molecule has 1 fully saturated rings. The zero-order valence-corrected chi connectivity index (χ0v) is 22.3. The molecule has 0 aliphatic carbocycles. The van der Waals surface area contributed by atoms with E-state index in [9.17, 15) is 0 Å². The number of hydrogen-bond donors (Lipinski definition) is 1.